The van der Waals surface area contributed by atoms with E-state index in [0.717, 1.165) is 6.26 Å². The summed E-state index contributed by atoms with van der Waals surface area (Å²) in [6, 6.07) is 3.06. The summed E-state index contributed by atoms with van der Waals surface area (Å²) in [7, 11) is 0.560. The standard InChI is InChI=1S/C13H20N2O4S/c1-9-7-15(8-10(9)14(2)3)13(16)11-5-6-12(19-11)20(4,17)18/h5-6,9-10H,7-8H2,1-4H3/t9-,10+/m1/s1. The van der Waals surface area contributed by atoms with Crippen LogP contribution in [0.1, 0.15) is 17.5 Å². The highest BCUT2D eigenvalue weighted by Crippen LogP contribution is 2.23. The van der Waals surface area contributed by atoms with Crippen LogP contribution in [0, 0.1) is 5.92 Å². The molecule has 112 valence electrons. The number of carbonyl (C=O) groups is 1. The molecule has 2 rings (SSSR count). The first-order valence-electron chi connectivity index (χ1n) is 6.45. The highest BCUT2D eigenvalue weighted by Gasteiger charge is 2.35. The van der Waals surface area contributed by atoms with Gasteiger partial charge in [0.15, 0.2) is 5.76 Å². The van der Waals surface area contributed by atoms with Crippen molar-refractivity contribution in [3.05, 3.63) is 17.9 Å². The van der Waals surface area contributed by atoms with Gasteiger partial charge in [-0.2, -0.15) is 0 Å². The molecule has 1 aromatic rings. The largest absolute Gasteiger partial charge is 0.440 e. The van der Waals surface area contributed by atoms with Crippen molar-refractivity contribution in [3.8, 4) is 0 Å². The van der Waals surface area contributed by atoms with Crippen molar-refractivity contribution in [2.24, 2.45) is 5.92 Å². The number of sulfone groups is 1. The minimum absolute atomic E-state index is 0.0806. The fourth-order valence-corrected chi connectivity index (χ4v) is 3.13. The fraction of sp³-hybridized carbons (Fsp3) is 0.615. The van der Waals surface area contributed by atoms with Crippen LogP contribution in [0.3, 0.4) is 0 Å². The van der Waals surface area contributed by atoms with Gasteiger partial charge >= 0.3 is 0 Å². The summed E-state index contributed by atoms with van der Waals surface area (Å²) in [5.74, 6) is 0.200. The van der Waals surface area contributed by atoms with Crippen molar-refractivity contribution in [1.29, 1.82) is 0 Å². The monoisotopic (exact) mass is 300 g/mol. The molecule has 7 heteroatoms. The van der Waals surface area contributed by atoms with Gasteiger partial charge in [0.25, 0.3) is 5.91 Å². The SMILES string of the molecule is C[C@@H]1CN(C(=O)c2ccc(S(C)(=O)=O)o2)C[C@@H]1N(C)C. The first-order chi connectivity index (χ1) is 9.20. The zero-order chi connectivity index (χ0) is 15.1. The van der Waals surface area contributed by atoms with E-state index in [-0.39, 0.29) is 16.8 Å². The molecule has 20 heavy (non-hydrogen) atoms. The summed E-state index contributed by atoms with van der Waals surface area (Å²) in [6.07, 6.45) is 1.06. The van der Waals surface area contributed by atoms with Crippen LogP contribution in [-0.4, -0.2) is 63.6 Å². The molecule has 0 saturated carbocycles. The molecule has 0 N–H and O–H groups in total. The average molecular weight is 300 g/mol. The lowest BCUT2D eigenvalue weighted by Crippen LogP contribution is -2.35. The van der Waals surface area contributed by atoms with Crippen molar-refractivity contribution >= 4 is 15.7 Å². The Bertz CT molecular complexity index is 606. The minimum Gasteiger partial charge on any atom is -0.440 e. The molecular weight excluding hydrogens is 280 g/mol. The molecule has 6 nitrogen and oxygen atoms in total. The summed E-state index contributed by atoms with van der Waals surface area (Å²) >= 11 is 0. The number of carbonyl (C=O) groups excluding carboxylic acids is 1. The third kappa shape index (κ3) is 2.88. The molecule has 0 aromatic carbocycles. The van der Waals surface area contributed by atoms with Crippen LogP contribution in [0.15, 0.2) is 21.6 Å². The van der Waals surface area contributed by atoms with Crippen LogP contribution in [0.25, 0.3) is 0 Å². The zero-order valence-corrected chi connectivity index (χ0v) is 13.0. The van der Waals surface area contributed by atoms with Crippen LogP contribution >= 0.6 is 0 Å². The smallest absolute Gasteiger partial charge is 0.289 e. The minimum atomic E-state index is -3.42. The molecule has 1 aliphatic rings. The number of hydrogen-bond donors (Lipinski definition) is 0. The maximum absolute atomic E-state index is 12.3. The molecule has 1 aliphatic heterocycles. The summed E-state index contributed by atoms with van der Waals surface area (Å²) in [6.45, 7) is 3.38. The third-order valence-electron chi connectivity index (χ3n) is 3.68. The highest BCUT2D eigenvalue weighted by atomic mass is 32.2. The molecule has 1 saturated heterocycles. The van der Waals surface area contributed by atoms with Crippen molar-refractivity contribution in [3.63, 3.8) is 0 Å². The highest BCUT2D eigenvalue weighted by molar-refractivity contribution is 7.90. The summed E-state index contributed by atoms with van der Waals surface area (Å²) < 4.78 is 27.9. The molecule has 2 atom stereocenters. The number of likely N-dealkylation sites (N-methyl/N-ethyl adjacent to an activating group) is 1. The predicted molar refractivity (Wildman–Crippen MR) is 74.4 cm³/mol. The molecule has 2 heterocycles. The first-order valence-corrected chi connectivity index (χ1v) is 8.35. The Morgan fingerprint density at radius 2 is 2.00 bits per heavy atom. The molecule has 1 fully saturated rings. The van der Waals surface area contributed by atoms with Crippen LogP contribution in [0.4, 0.5) is 0 Å². The maximum atomic E-state index is 12.3. The molecule has 0 aliphatic carbocycles. The van der Waals surface area contributed by atoms with E-state index < -0.39 is 9.84 Å². The number of rotatable bonds is 3. The second-order valence-electron chi connectivity index (χ2n) is 5.61. The van der Waals surface area contributed by atoms with Gasteiger partial charge in [0.2, 0.25) is 14.9 Å². The van der Waals surface area contributed by atoms with Gasteiger partial charge in [0.1, 0.15) is 0 Å². The summed E-state index contributed by atoms with van der Waals surface area (Å²) in [4.78, 5) is 16.1. The van der Waals surface area contributed by atoms with Gasteiger partial charge in [-0.1, -0.05) is 6.92 Å². The lowest BCUT2D eigenvalue weighted by atomic mass is 10.1. The molecule has 0 radical (unpaired) electrons. The van der Waals surface area contributed by atoms with Crippen LogP contribution in [-0.2, 0) is 9.84 Å². The second-order valence-corrected chi connectivity index (χ2v) is 7.56. The van der Waals surface area contributed by atoms with Crippen molar-refractivity contribution < 1.29 is 17.6 Å². The lowest BCUT2D eigenvalue weighted by Gasteiger charge is -2.22. The molecule has 0 unspecified atom stereocenters. The Morgan fingerprint density at radius 3 is 2.45 bits per heavy atom. The van der Waals surface area contributed by atoms with Gasteiger partial charge < -0.3 is 14.2 Å². The number of hydrogen-bond acceptors (Lipinski definition) is 5. The zero-order valence-electron chi connectivity index (χ0n) is 12.2. The number of furan rings is 1. The molecule has 0 bridgehead atoms. The van der Waals surface area contributed by atoms with Gasteiger partial charge in [-0.15, -0.1) is 0 Å². The van der Waals surface area contributed by atoms with E-state index in [0.29, 0.717) is 25.0 Å². The van der Waals surface area contributed by atoms with E-state index in [4.69, 9.17) is 4.42 Å². The third-order valence-corrected chi connectivity index (χ3v) is 4.63. The molecule has 1 amide bonds. The Kier molecular flexibility index (Phi) is 3.93. The van der Waals surface area contributed by atoms with E-state index in [1.807, 2.05) is 14.1 Å². The van der Waals surface area contributed by atoms with E-state index in [1.54, 1.807) is 4.90 Å². The Morgan fingerprint density at radius 1 is 1.35 bits per heavy atom. The van der Waals surface area contributed by atoms with Crippen molar-refractivity contribution in [2.45, 2.75) is 18.1 Å². The fourth-order valence-electron chi connectivity index (χ4n) is 2.58. The first kappa shape index (κ1) is 15.1. The van der Waals surface area contributed by atoms with E-state index >= 15 is 0 Å². The quantitative estimate of drug-likeness (QED) is 0.822. The normalized spacial score (nSPS) is 23.6. The maximum Gasteiger partial charge on any atom is 0.289 e. The summed E-state index contributed by atoms with van der Waals surface area (Å²) in [5, 5.41) is -0.169. The van der Waals surface area contributed by atoms with Crippen LogP contribution in [0.2, 0.25) is 0 Å². The van der Waals surface area contributed by atoms with Crippen molar-refractivity contribution in [2.75, 3.05) is 33.4 Å². The van der Waals surface area contributed by atoms with Crippen molar-refractivity contribution in [1.82, 2.24) is 9.80 Å². The predicted octanol–water partition coefficient (Wildman–Crippen LogP) is 0.705. The Hall–Kier alpha value is -1.34. The van der Waals surface area contributed by atoms with Crippen LogP contribution < -0.4 is 0 Å². The summed E-state index contributed by atoms with van der Waals surface area (Å²) in [5.41, 5.74) is 0. The van der Waals surface area contributed by atoms with Gasteiger partial charge in [-0.05, 0) is 32.1 Å². The molecule has 1 aromatic heterocycles. The number of amides is 1. The average Bonchev–Trinajstić information content (AvgIpc) is 2.93. The Labute approximate surface area is 119 Å². The van der Waals surface area contributed by atoms with Crippen LogP contribution in [0.5, 0.6) is 0 Å². The van der Waals surface area contributed by atoms with E-state index in [9.17, 15) is 13.2 Å². The van der Waals surface area contributed by atoms with Gasteiger partial charge in [-0.3, -0.25) is 4.79 Å². The molecule has 0 spiro atoms. The van der Waals surface area contributed by atoms with Gasteiger partial charge in [-0.25, -0.2) is 8.42 Å². The topological polar surface area (TPSA) is 70.8 Å². The van der Waals surface area contributed by atoms with Gasteiger partial charge in [0, 0.05) is 25.4 Å². The lowest BCUT2D eigenvalue weighted by molar-refractivity contribution is 0.0744. The van der Waals surface area contributed by atoms with Gasteiger partial charge in [0.05, 0.1) is 0 Å². The number of nitrogens with zero attached hydrogens (tertiary/aromatic N) is 2. The number of likely N-dealkylation sites (tertiary alicyclic amines) is 1. The van der Waals surface area contributed by atoms with E-state index in [2.05, 4.69) is 11.8 Å². The second kappa shape index (κ2) is 5.21. The van der Waals surface area contributed by atoms with E-state index in [1.165, 1.54) is 12.1 Å². The Balaban J connectivity index is 2.15. The molecular formula is C13H20N2O4S.